The Bertz CT molecular complexity index is 498. The Hall–Kier alpha value is -1.18. The van der Waals surface area contributed by atoms with Gasteiger partial charge in [-0.1, -0.05) is 5.57 Å². The van der Waals surface area contributed by atoms with E-state index in [0.29, 0.717) is 0 Å². The first kappa shape index (κ1) is 47.6. The Morgan fingerprint density at radius 1 is 0.774 bits per heavy atom. The zero-order valence-electron chi connectivity index (χ0n) is 17.4. The summed E-state index contributed by atoms with van der Waals surface area (Å²) in [5.74, 6) is 0. The van der Waals surface area contributed by atoms with Crippen LogP contribution in [0.2, 0.25) is 19.6 Å². The van der Waals surface area contributed by atoms with Crippen molar-refractivity contribution in [3.05, 3.63) is 108 Å². The van der Waals surface area contributed by atoms with Gasteiger partial charge < -0.3 is 9.16 Å². The van der Waals surface area contributed by atoms with Crippen molar-refractivity contribution in [1.82, 2.24) is 0 Å². The van der Waals surface area contributed by atoms with Crippen LogP contribution in [0.4, 0.5) is 0 Å². The molecule has 0 bridgehead atoms. The first-order chi connectivity index (χ1) is 14.0. The second-order valence-corrected chi connectivity index (χ2v) is 9.51. The average molecular weight is 522 g/mol. The van der Waals surface area contributed by atoms with Crippen LogP contribution in [0, 0.1) is 71.5 Å². The fourth-order valence-electron chi connectivity index (χ4n) is 1.32. The molecule has 7 nitrogen and oxygen atoms in total. The molecule has 0 spiro atoms. The van der Waals surface area contributed by atoms with Gasteiger partial charge in [-0.05, 0) is 64.1 Å². The second kappa shape index (κ2) is 42.8. The number of rotatable bonds is 3. The summed E-state index contributed by atoms with van der Waals surface area (Å²) in [4.78, 5) is 0. The molecule has 2 rings (SSSR count). The summed E-state index contributed by atoms with van der Waals surface area (Å²) in [7, 11) is 0.181. The van der Waals surface area contributed by atoms with Gasteiger partial charge in [0.15, 0.2) is 0 Å². The van der Waals surface area contributed by atoms with Crippen LogP contribution in [-0.4, -0.2) is 15.4 Å². The van der Waals surface area contributed by atoms with E-state index < -0.39 is 8.32 Å². The van der Waals surface area contributed by atoms with Crippen LogP contribution < -0.4 is 0 Å². The summed E-state index contributed by atoms with van der Waals surface area (Å²) < 4.78 is 48.4. The van der Waals surface area contributed by atoms with Crippen LogP contribution in [0.15, 0.2) is 36.1 Å². The molecule has 0 saturated heterocycles. The van der Waals surface area contributed by atoms with Gasteiger partial charge in [0.2, 0.25) is 8.32 Å². The van der Waals surface area contributed by atoms with Crippen LogP contribution in [0.25, 0.3) is 0 Å². The number of hydrogen-bond acceptors (Lipinski definition) is 2. The molecule has 10 heteroatoms. The monoisotopic (exact) mass is 522 g/mol. The van der Waals surface area contributed by atoms with Crippen molar-refractivity contribution in [2.75, 3.05) is 7.11 Å². The quantitative estimate of drug-likeness (QED) is 0.242. The SMILES string of the molecule is CO[C-]1C=CC=C/C1=C\O[Si](C)(C)C.[C-]#[O+].[C-]#[O+].[C-]#[O+].[C-]#[O+].[C-]#[O+].[CH]1[CH][CH][CH][CH]1.[Cr].[Fe+2]. The molecule has 2 aliphatic rings. The Morgan fingerprint density at radius 3 is 1.42 bits per heavy atom. The average Bonchev–Trinajstić information content (AvgIpc) is 3.39. The van der Waals surface area contributed by atoms with Crippen molar-refractivity contribution in [3.8, 4) is 0 Å². The smallest absolute Gasteiger partial charge is 0.0312 e. The molecule has 0 heterocycles. The zero-order chi connectivity index (χ0) is 24.1. The molecule has 0 aromatic heterocycles. The molecule has 165 valence electrons. The summed E-state index contributed by atoms with van der Waals surface area (Å²) in [5, 5.41) is 0. The van der Waals surface area contributed by atoms with E-state index in [4.69, 9.17) is 32.4 Å². The zero-order valence-corrected chi connectivity index (χ0v) is 20.8. The van der Waals surface area contributed by atoms with E-state index in [-0.39, 0.29) is 34.4 Å². The molecule has 1 saturated carbocycles. The molecule has 0 N–H and O–H groups in total. The fourth-order valence-corrected chi connectivity index (χ4v) is 1.81. The standard InChI is InChI=1S/C11H17O2Si.C5H5.5CO.Cr.Fe/c1-12-11-8-6-5-7-10(11)9-13-14(2,3)4;1-2-4-5-3-1;5*1-2;;/h5-9H,1-4H3;1-5H;;;;;;;/q-1;;;;;;;;+2/b10-9+;;;;;;;;. The summed E-state index contributed by atoms with van der Waals surface area (Å²) in [6.45, 7) is 29.0. The van der Waals surface area contributed by atoms with Crippen LogP contribution >= 0.6 is 0 Å². The van der Waals surface area contributed by atoms with Crippen LogP contribution in [-0.2, 0) is 66.9 Å². The van der Waals surface area contributed by atoms with Crippen LogP contribution in [0.1, 0.15) is 0 Å². The van der Waals surface area contributed by atoms with Crippen molar-refractivity contribution in [3.63, 3.8) is 0 Å². The Balaban J connectivity index is -0.0000000570. The molecule has 0 atom stereocenters. The molecular weight excluding hydrogens is 500 g/mol. The normalized spacial score (nSPS) is 12.8. The van der Waals surface area contributed by atoms with Gasteiger partial charge in [-0.2, -0.15) is 0 Å². The first-order valence-electron chi connectivity index (χ1n) is 7.36. The maximum absolute atomic E-state index is 7.50. The predicted octanol–water partition coefficient (Wildman–Crippen LogP) is 3.86. The second-order valence-electron chi connectivity index (χ2n) is 5.05. The fraction of sp³-hybridized carbons (Fsp3) is 0.190. The number of allylic oxidation sites excluding steroid dienone is 2. The Labute approximate surface area is 209 Å². The van der Waals surface area contributed by atoms with Gasteiger partial charge in [-0.3, -0.25) is 0 Å². The summed E-state index contributed by atoms with van der Waals surface area (Å²) in [6.07, 6.45) is 20.5. The van der Waals surface area contributed by atoms with Crippen molar-refractivity contribution >= 4 is 8.32 Å². The third-order valence-electron chi connectivity index (χ3n) is 2.23. The molecule has 2 aliphatic carbocycles. The summed E-state index contributed by atoms with van der Waals surface area (Å²) >= 11 is 0. The Morgan fingerprint density at radius 2 is 1.13 bits per heavy atom. The topological polar surface area (TPSA) is 118 Å². The van der Waals surface area contributed by atoms with Crippen molar-refractivity contribution in [2.24, 2.45) is 0 Å². The van der Waals surface area contributed by atoms with E-state index in [1.165, 1.54) is 0 Å². The summed E-state index contributed by atoms with van der Waals surface area (Å²) in [6, 6.07) is 0. The number of methoxy groups -OCH3 is 1. The minimum absolute atomic E-state index is 0. The van der Waals surface area contributed by atoms with Gasteiger partial charge >= 0.3 is 73.6 Å². The van der Waals surface area contributed by atoms with Gasteiger partial charge in [0.25, 0.3) is 0 Å². The molecule has 1 fully saturated rings. The third kappa shape index (κ3) is 39.8. The number of ether oxygens (including phenoxy) is 1. The largest absolute Gasteiger partial charge is 2.00 e. The van der Waals surface area contributed by atoms with Crippen molar-refractivity contribution < 1.29 is 66.9 Å². The van der Waals surface area contributed by atoms with E-state index >= 15 is 0 Å². The van der Waals surface area contributed by atoms with Gasteiger partial charge in [-0.15, -0.1) is 24.3 Å². The maximum Gasteiger partial charge on any atom is 2.00 e. The van der Waals surface area contributed by atoms with Crippen LogP contribution in [0.5, 0.6) is 0 Å². The van der Waals surface area contributed by atoms with E-state index in [2.05, 4.69) is 52.9 Å². The minimum Gasteiger partial charge on any atom is -0.0312 e. The van der Waals surface area contributed by atoms with E-state index in [9.17, 15) is 0 Å². The Kier molecular flexibility index (Phi) is 65.7. The van der Waals surface area contributed by atoms with E-state index in [1.807, 2.05) is 56.4 Å². The van der Waals surface area contributed by atoms with Gasteiger partial charge in [0, 0.05) is 24.5 Å². The van der Waals surface area contributed by atoms with Crippen molar-refractivity contribution in [2.45, 2.75) is 19.6 Å². The summed E-state index contributed by atoms with van der Waals surface area (Å²) in [5.41, 5.74) is 0.998. The predicted molar refractivity (Wildman–Crippen MR) is 102 cm³/mol. The molecule has 0 amide bonds. The molecule has 0 aromatic rings. The first-order valence-corrected chi connectivity index (χ1v) is 10.8. The molecule has 5 radical (unpaired) electrons. The molecule has 0 aliphatic heterocycles. The molecule has 0 unspecified atom stereocenters. The third-order valence-corrected chi connectivity index (χ3v) is 3.06. The maximum atomic E-state index is 7.50. The van der Waals surface area contributed by atoms with Crippen molar-refractivity contribution in [1.29, 1.82) is 0 Å². The van der Waals surface area contributed by atoms with Gasteiger partial charge in [0.05, 0.1) is 0 Å². The van der Waals surface area contributed by atoms with Crippen LogP contribution in [0.3, 0.4) is 0 Å². The van der Waals surface area contributed by atoms with E-state index in [0.717, 1.165) is 11.7 Å². The van der Waals surface area contributed by atoms with Gasteiger partial charge in [-0.25, -0.2) is 0 Å². The molecule has 0 aromatic carbocycles. The number of hydrogen-bond donors (Lipinski definition) is 0. The molecule has 31 heavy (non-hydrogen) atoms. The molecular formula is C21H22CrFeO7Si+. The van der Waals surface area contributed by atoms with Gasteiger partial charge in [0.1, 0.15) is 0 Å². The minimum atomic E-state index is -1.49. The van der Waals surface area contributed by atoms with E-state index in [1.54, 1.807) is 13.4 Å².